The first-order chi connectivity index (χ1) is 18.4. The SMILES string of the molecule is CN(C)Cc1ccc(-c2cnc(N)c(C(=N)OC(=N)c3ccccc3OCCNC(=O)OC(C)(C)C)n2)cc1. The van der Waals surface area contributed by atoms with Crippen LogP contribution in [0.3, 0.4) is 0 Å². The highest BCUT2D eigenvalue weighted by atomic mass is 16.6. The third-order valence-corrected chi connectivity index (χ3v) is 5.13. The Morgan fingerprint density at radius 2 is 1.74 bits per heavy atom. The van der Waals surface area contributed by atoms with E-state index >= 15 is 0 Å². The summed E-state index contributed by atoms with van der Waals surface area (Å²) in [7, 11) is 4.01. The number of hydrogen-bond acceptors (Lipinski definition) is 10. The molecule has 0 saturated heterocycles. The van der Waals surface area contributed by atoms with Crippen molar-refractivity contribution >= 4 is 23.7 Å². The molecule has 5 N–H and O–H groups in total. The van der Waals surface area contributed by atoms with Gasteiger partial charge in [-0.1, -0.05) is 36.4 Å². The van der Waals surface area contributed by atoms with Gasteiger partial charge in [-0.3, -0.25) is 10.8 Å². The van der Waals surface area contributed by atoms with E-state index in [9.17, 15) is 4.79 Å². The van der Waals surface area contributed by atoms with Gasteiger partial charge in [0.1, 0.15) is 18.0 Å². The monoisotopic (exact) mass is 533 g/mol. The third-order valence-electron chi connectivity index (χ3n) is 5.13. The molecule has 39 heavy (non-hydrogen) atoms. The zero-order valence-electron chi connectivity index (χ0n) is 22.9. The minimum atomic E-state index is -0.599. The minimum Gasteiger partial charge on any atom is -0.491 e. The number of aromatic nitrogens is 2. The molecule has 0 bridgehead atoms. The molecule has 0 aliphatic carbocycles. The van der Waals surface area contributed by atoms with E-state index in [1.807, 2.05) is 38.4 Å². The van der Waals surface area contributed by atoms with Gasteiger partial charge in [0.05, 0.1) is 24.0 Å². The van der Waals surface area contributed by atoms with Gasteiger partial charge >= 0.3 is 6.09 Å². The number of ether oxygens (including phenoxy) is 3. The number of hydrogen-bond donors (Lipinski definition) is 4. The molecule has 0 radical (unpaired) electrons. The van der Waals surface area contributed by atoms with Gasteiger partial charge in [0.15, 0.2) is 11.5 Å². The molecule has 11 nitrogen and oxygen atoms in total. The van der Waals surface area contributed by atoms with Crippen LogP contribution in [0.15, 0.2) is 54.7 Å². The van der Waals surface area contributed by atoms with E-state index in [1.165, 1.54) is 6.20 Å². The molecule has 1 heterocycles. The summed E-state index contributed by atoms with van der Waals surface area (Å²) in [5, 5.41) is 19.5. The number of nitrogens with two attached hydrogens (primary N) is 1. The van der Waals surface area contributed by atoms with Crippen LogP contribution in [0.25, 0.3) is 11.3 Å². The molecule has 3 rings (SSSR count). The van der Waals surface area contributed by atoms with Gasteiger partial charge in [0.25, 0.3) is 0 Å². The van der Waals surface area contributed by atoms with Crippen LogP contribution < -0.4 is 15.8 Å². The number of carbonyl (C=O) groups excluding carboxylic acids is 1. The average Bonchev–Trinajstić information content (AvgIpc) is 2.86. The maximum Gasteiger partial charge on any atom is 0.407 e. The highest BCUT2D eigenvalue weighted by Gasteiger charge is 2.19. The van der Waals surface area contributed by atoms with Gasteiger partial charge in [-0.2, -0.15) is 0 Å². The van der Waals surface area contributed by atoms with E-state index in [0.717, 1.165) is 17.7 Å². The largest absolute Gasteiger partial charge is 0.491 e. The second kappa shape index (κ2) is 12.8. The van der Waals surface area contributed by atoms with E-state index in [-0.39, 0.29) is 30.6 Å². The summed E-state index contributed by atoms with van der Waals surface area (Å²) in [6.45, 7) is 6.48. The van der Waals surface area contributed by atoms with Crippen molar-refractivity contribution in [2.45, 2.75) is 32.9 Å². The van der Waals surface area contributed by atoms with E-state index in [0.29, 0.717) is 17.0 Å². The maximum absolute atomic E-state index is 11.8. The molecular formula is C28H35N7O4. The molecule has 0 aliphatic rings. The van der Waals surface area contributed by atoms with Crippen molar-refractivity contribution in [1.29, 1.82) is 10.8 Å². The second-order valence-electron chi connectivity index (χ2n) is 9.96. The fourth-order valence-electron chi connectivity index (χ4n) is 3.46. The minimum absolute atomic E-state index is 0.0125. The summed E-state index contributed by atoms with van der Waals surface area (Å²) < 4.78 is 16.4. The zero-order valence-corrected chi connectivity index (χ0v) is 22.9. The van der Waals surface area contributed by atoms with E-state index in [4.69, 9.17) is 30.8 Å². The number of nitrogens with zero attached hydrogens (tertiary/aromatic N) is 3. The quantitative estimate of drug-likeness (QED) is 0.182. The number of anilines is 1. The van der Waals surface area contributed by atoms with Crippen molar-refractivity contribution < 1.29 is 19.0 Å². The molecule has 3 aromatic rings. The van der Waals surface area contributed by atoms with Gasteiger partial charge in [-0.15, -0.1) is 0 Å². The molecule has 1 amide bonds. The summed E-state index contributed by atoms with van der Waals surface area (Å²) in [5.74, 6) is -0.377. The van der Waals surface area contributed by atoms with Gasteiger partial charge < -0.3 is 30.2 Å². The number of nitrogen functional groups attached to an aromatic ring is 1. The number of nitrogens with one attached hydrogen (secondary N) is 3. The Morgan fingerprint density at radius 3 is 2.41 bits per heavy atom. The van der Waals surface area contributed by atoms with Crippen LogP contribution in [0, 0.1) is 10.8 Å². The number of amides is 1. The second-order valence-corrected chi connectivity index (χ2v) is 9.96. The van der Waals surface area contributed by atoms with Crippen molar-refractivity contribution in [2.24, 2.45) is 0 Å². The molecule has 1 aromatic heterocycles. The summed E-state index contributed by atoms with van der Waals surface area (Å²) in [5.41, 5.74) is 8.23. The summed E-state index contributed by atoms with van der Waals surface area (Å²) in [6, 6.07) is 14.6. The lowest BCUT2D eigenvalue weighted by Gasteiger charge is -2.19. The number of benzene rings is 2. The fraction of sp³-hybridized carbons (Fsp3) is 0.321. The summed E-state index contributed by atoms with van der Waals surface area (Å²) in [4.78, 5) is 22.5. The fourth-order valence-corrected chi connectivity index (χ4v) is 3.46. The van der Waals surface area contributed by atoms with Crippen molar-refractivity contribution in [1.82, 2.24) is 20.2 Å². The number of alkyl carbamates (subject to hydrolysis) is 1. The van der Waals surface area contributed by atoms with Crippen LogP contribution >= 0.6 is 0 Å². The highest BCUT2D eigenvalue weighted by Crippen LogP contribution is 2.22. The number of para-hydroxylation sites is 1. The highest BCUT2D eigenvalue weighted by molar-refractivity contribution is 6.06. The average molecular weight is 534 g/mol. The predicted molar refractivity (Wildman–Crippen MR) is 150 cm³/mol. The molecule has 0 atom stereocenters. The number of carbonyl (C=O) groups is 1. The first-order valence-electron chi connectivity index (χ1n) is 12.3. The molecule has 0 fully saturated rings. The lowest BCUT2D eigenvalue weighted by Crippen LogP contribution is -2.34. The Hall–Kier alpha value is -4.51. The first-order valence-corrected chi connectivity index (χ1v) is 12.3. The predicted octanol–water partition coefficient (Wildman–Crippen LogP) is 4.06. The van der Waals surface area contributed by atoms with Crippen LogP contribution in [0.1, 0.15) is 37.6 Å². The van der Waals surface area contributed by atoms with Crippen LogP contribution in [-0.2, 0) is 16.0 Å². The molecule has 11 heteroatoms. The van der Waals surface area contributed by atoms with Crippen molar-refractivity contribution in [3.63, 3.8) is 0 Å². The van der Waals surface area contributed by atoms with Crippen LogP contribution in [0.4, 0.5) is 10.6 Å². The van der Waals surface area contributed by atoms with Crippen LogP contribution in [0.5, 0.6) is 5.75 Å². The van der Waals surface area contributed by atoms with Crippen molar-refractivity contribution in [3.05, 3.63) is 71.5 Å². The van der Waals surface area contributed by atoms with Gasteiger partial charge in [-0.25, -0.2) is 14.8 Å². The Labute approximate surface area is 228 Å². The Balaban J connectivity index is 1.66. The van der Waals surface area contributed by atoms with E-state index in [1.54, 1.807) is 45.0 Å². The zero-order chi connectivity index (χ0) is 28.6. The van der Waals surface area contributed by atoms with Crippen molar-refractivity contribution in [2.75, 3.05) is 33.0 Å². The normalized spacial score (nSPS) is 11.1. The number of rotatable bonds is 9. The van der Waals surface area contributed by atoms with E-state index in [2.05, 4.69) is 20.2 Å². The topological polar surface area (TPSA) is 160 Å². The molecular weight excluding hydrogens is 498 g/mol. The maximum atomic E-state index is 11.8. The molecule has 0 saturated carbocycles. The molecule has 2 aromatic carbocycles. The third kappa shape index (κ3) is 8.78. The lowest BCUT2D eigenvalue weighted by atomic mass is 10.1. The summed E-state index contributed by atoms with van der Waals surface area (Å²) in [6.07, 6.45) is 0.988. The molecule has 206 valence electrons. The molecule has 0 unspecified atom stereocenters. The van der Waals surface area contributed by atoms with Gasteiger partial charge in [-0.05, 0) is 52.6 Å². The lowest BCUT2D eigenvalue weighted by molar-refractivity contribution is 0.0520. The van der Waals surface area contributed by atoms with E-state index < -0.39 is 17.6 Å². The van der Waals surface area contributed by atoms with Crippen LogP contribution in [-0.4, -0.2) is 65.6 Å². The molecule has 0 spiro atoms. The summed E-state index contributed by atoms with van der Waals surface area (Å²) >= 11 is 0. The first kappa shape index (κ1) is 29.1. The Kier molecular flexibility index (Phi) is 9.56. The van der Waals surface area contributed by atoms with Gasteiger partial charge in [0, 0.05) is 12.1 Å². The van der Waals surface area contributed by atoms with Crippen molar-refractivity contribution in [3.8, 4) is 17.0 Å². The Morgan fingerprint density at radius 1 is 1.05 bits per heavy atom. The Bertz CT molecular complexity index is 1320. The van der Waals surface area contributed by atoms with Crippen LogP contribution in [0.2, 0.25) is 0 Å². The standard InChI is InChI=1S/C28H35N7O4/c1-28(2,3)39-27(36)32-14-15-37-22-9-7-6-8-20(22)25(30)38-26(31)23-24(29)33-16-21(34-23)19-12-10-18(11-13-19)17-35(4)5/h6-13,16,30-31H,14-15,17H2,1-5H3,(H2,29,33)(H,32,36). The molecule has 0 aliphatic heterocycles. The van der Waals surface area contributed by atoms with Gasteiger partial charge in [0.2, 0.25) is 11.8 Å². The smallest absolute Gasteiger partial charge is 0.407 e.